The van der Waals surface area contributed by atoms with Crippen LogP contribution in [0.2, 0.25) is 0 Å². The molecule has 1 fully saturated rings. The Morgan fingerprint density at radius 3 is 2.47 bits per heavy atom. The van der Waals surface area contributed by atoms with Gasteiger partial charge in [0.05, 0.1) is 28.8 Å². The SMILES string of the molecule is CCOC(=O)c1ccc(-n2c(N3CCN(C)CC3)nc3c(Br)cccc3c2=O)cc1. The molecule has 0 N–H and O–H groups in total. The van der Waals surface area contributed by atoms with Crippen molar-refractivity contribution in [2.75, 3.05) is 44.7 Å². The van der Waals surface area contributed by atoms with Gasteiger partial charge in [0.2, 0.25) is 5.95 Å². The van der Waals surface area contributed by atoms with Crippen molar-refractivity contribution in [1.29, 1.82) is 0 Å². The fourth-order valence-corrected chi connectivity index (χ4v) is 4.03. The van der Waals surface area contributed by atoms with E-state index in [0.29, 0.717) is 34.7 Å². The van der Waals surface area contributed by atoms with Crippen molar-refractivity contribution in [3.05, 3.63) is 62.9 Å². The van der Waals surface area contributed by atoms with Crippen LogP contribution in [-0.2, 0) is 4.74 Å². The number of para-hydroxylation sites is 1. The minimum Gasteiger partial charge on any atom is -0.462 e. The maximum absolute atomic E-state index is 13.5. The van der Waals surface area contributed by atoms with Crippen molar-refractivity contribution in [2.45, 2.75) is 6.92 Å². The summed E-state index contributed by atoms with van der Waals surface area (Å²) < 4.78 is 7.48. The first-order valence-electron chi connectivity index (χ1n) is 9.92. The van der Waals surface area contributed by atoms with Crippen LogP contribution in [-0.4, -0.2) is 60.3 Å². The second-order valence-electron chi connectivity index (χ2n) is 7.25. The third kappa shape index (κ3) is 3.85. The fourth-order valence-electron chi connectivity index (χ4n) is 3.58. The monoisotopic (exact) mass is 470 g/mol. The van der Waals surface area contributed by atoms with E-state index in [9.17, 15) is 9.59 Å². The summed E-state index contributed by atoms with van der Waals surface area (Å²) in [6, 6.07) is 12.4. The Hall–Kier alpha value is -2.71. The van der Waals surface area contributed by atoms with Crippen LogP contribution in [0.25, 0.3) is 16.6 Å². The first-order valence-corrected chi connectivity index (χ1v) is 10.7. The molecule has 0 bridgehead atoms. The lowest BCUT2D eigenvalue weighted by atomic mass is 10.2. The second kappa shape index (κ2) is 8.57. The van der Waals surface area contributed by atoms with E-state index in [0.717, 1.165) is 30.7 Å². The molecule has 0 unspecified atom stereocenters. The van der Waals surface area contributed by atoms with Crippen LogP contribution >= 0.6 is 15.9 Å². The number of esters is 1. The second-order valence-corrected chi connectivity index (χ2v) is 8.10. The zero-order valence-electron chi connectivity index (χ0n) is 17.0. The normalized spacial score (nSPS) is 14.8. The molecule has 0 saturated carbocycles. The lowest BCUT2D eigenvalue weighted by Gasteiger charge is -2.34. The van der Waals surface area contributed by atoms with Crippen LogP contribution in [0.1, 0.15) is 17.3 Å². The van der Waals surface area contributed by atoms with Crippen LogP contribution in [0.5, 0.6) is 0 Å². The summed E-state index contributed by atoms with van der Waals surface area (Å²) in [4.78, 5) is 34.8. The molecule has 0 radical (unpaired) electrons. The van der Waals surface area contributed by atoms with Gasteiger partial charge in [-0.3, -0.25) is 4.79 Å². The number of carbonyl (C=O) groups excluding carboxylic acids is 1. The molecule has 1 aromatic heterocycles. The number of benzene rings is 2. The van der Waals surface area contributed by atoms with E-state index in [-0.39, 0.29) is 11.5 Å². The van der Waals surface area contributed by atoms with Gasteiger partial charge in [0, 0.05) is 30.7 Å². The predicted octanol–water partition coefficient (Wildman–Crippen LogP) is 3.08. The maximum Gasteiger partial charge on any atom is 0.338 e. The number of ether oxygens (including phenoxy) is 1. The smallest absolute Gasteiger partial charge is 0.338 e. The number of anilines is 1. The van der Waals surface area contributed by atoms with Crippen molar-refractivity contribution in [3.63, 3.8) is 0 Å². The molecule has 30 heavy (non-hydrogen) atoms. The van der Waals surface area contributed by atoms with Crippen molar-refractivity contribution in [2.24, 2.45) is 0 Å². The molecule has 0 aliphatic carbocycles. The number of hydrogen-bond donors (Lipinski definition) is 0. The van der Waals surface area contributed by atoms with E-state index in [1.807, 2.05) is 12.1 Å². The molecular weight excluding hydrogens is 448 g/mol. The molecule has 0 spiro atoms. The molecular formula is C22H23BrN4O3. The number of nitrogens with zero attached hydrogens (tertiary/aromatic N) is 4. The summed E-state index contributed by atoms with van der Waals surface area (Å²) in [7, 11) is 2.09. The van der Waals surface area contributed by atoms with Crippen molar-refractivity contribution in [1.82, 2.24) is 14.5 Å². The lowest BCUT2D eigenvalue weighted by molar-refractivity contribution is 0.0526. The Morgan fingerprint density at radius 1 is 1.10 bits per heavy atom. The Bertz CT molecular complexity index is 1140. The number of aromatic nitrogens is 2. The van der Waals surface area contributed by atoms with Crippen molar-refractivity contribution in [3.8, 4) is 5.69 Å². The average molecular weight is 471 g/mol. The summed E-state index contributed by atoms with van der Waals surface area (Å²) in [6.45, 7) is 5.43. The summed E-state index contributed by atoms with van der Waals surface area (Å²) in [5, 5.41) is 0.539. The van der Waals surface area contributed by atoms with E-state index in [2.05, 4.69) is 32.8 Å². The topological polar surface area (TPSA) is 67.7 Å². The number of rotatable bonds is 4. The molecule has 8 heteroatoms. The Kier molecular flexibility index (Phi) is 5.87. The zero-order valence-corrected chi connectivity index (χ0v) is 18.6. The van der Waals surface area contributed by atoms with Crippen molar-refractivity contribution >= 4 is 38.8 Å². The molecule has 2 aromatic carbocycles. The van der Waals surface area contributed by atoms with Gasteiger partial charge in [0.25, 0.3) is 5.56 Å². The first kappa shape index (κ1) is 20.6. The molecule has 7 nitrogen and oxygen atoms in total. The van der Waals surface area contributed by atoms with Crippen molar-refractivity contribution < 1.29 is 9.53 Å². The summed E-state index contributed by atoms with van der Waals surface area (Å²) in [5.41, 5.74) is 1.62. The average Bonchev–Trinajstić information content (AvgIpc) is 2.75. The van der Waals surface area contributed by atoms with Crippen LogP contribution in [0.15, 0.2) is 51.7 Å². The number of likely N-dealkylation sites (N-methyl/N-ethyl adjacent to an activating group) is 1. The fraction of sp³-hybridized carbons (Fsp3) is 0.318. The van der Waals surface area contributed by atoms with Gasteiger partial charge in [-0.05, 0) is 66.3 Å². The number of fused-ring (bicyclic) bond motifs is 1. The van der Waals surface area contributed by atoms with Gasteiger partial charge < -0.3 is 14.5 Å². The molecule has 0 amide bonds. The van der Waals surface area contributed by atoms with E-state index in [1.54, 1.807) is 41.8 Å². The summed E-state index contributed by atoms with van der Waals surface area (Å²) in [5.74, 6) is 0.229. The highest BCUT2D eigenvalue weighted by atomic mass is 79.9. The molecule has 1 aliphatic rings. The standard InChI is InChI=1S/C22H23BrN4O3/c1-3-30-21(29)15-7-9-16(10-8-15)27-20(28)17-5-4-6-18(23)19(17)24-22(27)26-13-11-25(2)12-14-26/h4-10H,3,11-14H2,1-2H3. The number of carbonyl (C=O) groups is 1. The number of piperazine rings is 1. The minimum absolute atomic E-state index is 0.140. The molecule has 156 valence electrons. The lowest BCUT2D eigenvalue weighted by Crippen LogP contribution is -2.46. The maximum atomic E-state index is 13.5. The Morgan fingerprint density at radius 2 is 1.80 bits per heavy atom. The minimum atomic E-state index is -0.378. The first-order chi connectivity index (χ1) is 14.5. The molecule has 3 aromatic rings. The zero-order chi connectivity index (χ0) is 21.3. The van der Waals surface area contributed by atoms with Gasteiger partial charge in [-0.2, -0.15) is 0 Å². The highest BCUT2D eigenvalue weighted by Gasteiger charge is 2.22. The molecule has 2 heterocycles. The van der Waals surface area contributed by atoms with Gasteiger partial charge in [0.1, 0.15) is 0 Å². The highest BCUT2D eigenvalue weighted by molar-refractivity contribution is 9.10. The van der Waals surface area contributed by atoms with Gasteiger partial charge >= 0.3 is 5.97 Å². The number of hydrogen-bond acceptors (Lipinski definition) is 6. The van der Waals surface area contributed by atoms with Crippen LogP contribution in [0.4, 0.5) is 5.95 Å². The summed E-state index contributed by atoms with van der Waals surface area (Å²) >= 11 is 3.53. The van der Waals surface area contributed by atoms with E-state index in [4.69, 9.17) is 9.72 Å². The van der Waals surface area contributed by atoms with Crippen LogP contribution < -0.4 is 10.5 Å². The van der Waals surface area contributed by atoms with Gasteiger partial charge in [0.15, 0.2) is 0 Å². The molecule has 0 atom stereocenters. The van der Waals surface area contributed by atoms with Gasteiger partial charge in [-0.25, -0.2) is 14.3 Å². The van der Waals surface area contributed by atoms with Gasteiger partial charge in [-0.15, -0.1) is 0 Å². The van der Waals surface area contributed by atoms with Crippen LogP contribution in [0, 0.1) is 0 Å². The largest absolute Gasteiger partial charge is 0.462 e. The van der Waals surface area contributed by atoms with Crippen LogP contribution in [0.3, 0.4) is 0 Å². The molecule has 4 rings (SSSR count). The highest BCUT2D eigenvalue weighted by Crippen LogP contribution is 2.25. The molecule has 1 saturated heterocycles. The molecule has 1 aliphatic heterocycles. The Balaban J connectivity index is 1.87. The third-order valence-electron chi connectivity index (χ3n) is 5.25. The van der Waals surface area contributed by atoms with E-state index >= 15 is 0 Å². The van der Waals surface area contributed by atoms with Gasteiger partial charge in [-0.1, -0.05) is 6.07 Å². The quantitative estimate of drug-likeness (QED) is 0.545. The third-order valence-corrected chi connectivity index (χ3v) is 5.89. The van der Waals surface area contributed by atoms with E-state index in [1.165, 1.54) is 0 Å². The predicted molar refractivity (Wildman–Crippen MR) is 121 cm³/mol. The number of halogens is 1. The Labute approximate surface area is 183 Å². The van der Waals surface area contributed by atoms with E-state index < -0.39 is 0 Å². The summed E-state index contributed by atoms with van der Waals surface area (Å²) in [6.07, 6.45) is 0.